The monoisotopic (exact) mass is 317 g/mol. The Morgan fingerprint density at radius 3 is 2.78 bits per heavy atom. The van der Waals surface area contributed by atoms with Crippen molar-refractivity contribution in [3.63, 3.8) is 0 Å². The Morgan fingerprint density at radius 2 is 2.13 bits per heavy atom. The highest BCUT2D eigenvalue weighted by atomic mass is 16.3. The van der Waals surface area contributed by atoms with E-state index in [1.54, 1.807) is 12.1 Å². The van der Waals surface area contributed by atoms with Crippen LogP contribution < -0.4 is 15.9 Å². The standard InChI is InChI=1S/C15H19N5O3/c1-9-2-3-11(21)8-12(9)13(22)16-10-4-6-20(7-5-10)14-17-15(23)19-18-14/h2-3,8,10,21H,4-7H2,1H3,(H,16,22)(H2,17,18,19,23). The number of hydrogen-bond acceptors (Lipinski definition) is 5. The Labute approximate surface area is 132 Å². The molecule has 0 saturated carbocycles. The van der Waals surface area contributed by atoms with E-state index >= 15 is 0 Å². The van der Waals surface area contributed by atoms with Crippen LogP contribution in [0.25, 0.3) is 0 Å². The molecule has 0 spiro atoms. The van der Waals surface area contributed by atoms with Gasteiger partial charge in [-0.1, -0.05) is 6.07 Å². The number of aromatic hydroxyl groups is 1. The van der Waals surface area contributed by atoms with Crippen molar-refractivity contribution in [1.29, 1.82) is 0 Å². The first-order chi connectivity index (χ1) is 11.0. The van der Waals surface area contributed by atoms with Gasteiger partial charge in [0.1, 0.15) is 5.75 Å². The molecule has 3 rings (SSSR count). The zero-order valence-corrected chi connectivity index (χ0v) is 12.8. The second-order valence-corrected chi connectivity index (χ2v) is 5.74. The molecule has 4 N–H and O–H groups in total. The van der Waals surface area contributed by atoms with E-state index in [9.17, 15) is 14.7 Å². The van der Waals surface area contributed by atoms with Crippen molar-refractivity contribution in [3.05, 3.63) is 39.8 Å². The predicted molar refractivity (Wildman–Crippen MR) is 84.8 cm³/mol. The Bertz CT molecular complexity index is 758. The number of amides is 1. The van der Waals surface area contributed by atoms with Gasteiger partial charge >= 0.3 is 5.69 Å². The Morgan fingerprint density at radius 1 is 1.39 bits per heavy atom. The number of carbonyl (C=O) groups is 1. The molecule has 1 fully saturated rings. The molecule has 0 aliphatic carbocycles. The molecule has 1 aromatic carbocycles. The lowest BCUT2D eigenvalue weighted by Gasteiger charge is -2.31. The molecule has 0 bridgehead atoms. The number of phenols is 1. The lowest BCUT2D eigenvalue weighted by Crippen LogP contribution is -2.45. The molecule has 8 nitrogen and oxygen atoms in total. The second-order valence-electron chi connectivity index (χ2n) is 5.74. The number of phenolic OH excluding ortho intramolecular Hbond substituents is 1. The number of nitrogens with zero attached hydrogens (tertiary/aromatic N) is 2. The number of hydrogen-bond donors (Lipinski definition) is 4. The van der Waals surface area contributed by atoms with Gasteiger partial charge in [0.2, 0.25) is 5.95 Å². The van der Waals surface area contributed by atoms with Crippen LogP contribution in [0.15, 0.2) is 23.0 Å². The molecule has 0 unspecified atom stereocenters. The third-order valence-electron chi connectivity index (χ3n) is 4.08. The molecule has 122 valence electrons. The fourth-order valence-corrected chi connectivity index (χ4v) is 2.76. The number of benzene rings is 1. The number of aromatic nitrogens is 3. The molecule has 23 heavy (non-hydrogen) atoms. The summed E-state index contributed by atoms with van der Waals surface area (Å²) in [7, 11) is 0. The van der Waals surface area contributed by atoms with E-state index in [1.807, 2.05) is 11.8 Å². The number of nitrogens with one attached hydrogen (secondary N) is 3. The molecule has 1 aromatic heterocycles. The normalized spacial score (nSPS) is 15.6. The fourth-order valence-electron chi connectivity index (χ4n) is 2.76. The van der Waals surface area contributed by atoms with Gasteiger partial charge < -0.3 is 15.3 Å². The summed E-state index contributed by atoms with van der Waals surface area (Å²) in [5.74, 6) is 0.437. The van der Waals surface area contributed by atoms with Crippen LogP contribution in [0.4, 0.5) is 5.95 Å². The number of piperidine rings is 1. The van der Waals surface area contributed by atoms with E-state index < -0.39 is 0 Å². The van der Waals surface area contributed by atoms with E-state index in [0.717, 1.165) is 18.4 Å². The van der Waals surface area contributed by atoms with Crippen LogP contribution in [0.3, 0.4) is 0 Å². The SMILES string of the molecule is Cc1ccc(O)cc1C(=O)NC1CCN(c2n[nH]c(=O)[nH]2)CC1. The molecule has 2 heterocycles. The third-order valence-corrected chi connectivity index (χ3v) is 4.08. The minimum atomic E-state index is -0.324. The number of H-pyrrole nitrogens is 2. The van der Waals surface area contributed by atoms with Gasteiger partial charge in [-0.25, -0.2) is 9.89 Å². The van der Waals surface area contributed by atoms with Gasteiger partial charge in [-0.05, 0) is 37.5 Å². The molecule has 0 radical (unpaired) electrons. The predicted octanol–water partition coefficient (Wildman–Crippen LogP) is 0.511. The van der Waals surface area contributed by atoms with Crippen LogP contribution >= 0.6 is 0 Å². The second kappa shape index (κ2) is 6.15. The van der Waals surface area contributed by atoms with Crippen LogP contribution in [-0.2, 0) is 0 Å². The van der Waals surface area contributed by atoms with E-state index in [2.05, 4.69) is 20.5 Å². The van der Waals surface area contributed by atoms with Gasteiger partial charge in [-0.2, -0.15) is 0 Å². The average Bonchev–Trinajstić information content (AvgIpc) is 2.97. The van der Waals surface area contributed by atoms with E-state index in [1.165, 1.54) is 6.07 Å². The minimum Gasteiger partial charge on any atom is -0.508 e. The van der Waals surface area contributed by atoms with Crippen LogP contribution in [0, 0.1) is 6.92 Å². The van der Waals surface area contributed by atoms with Crippen LogP contribution in [-0.4, -0.2) is 45.3 Å². The molecule has 1 aliphatic heterocycles. The number of carbonyl (C=O) groups excluding carboxylic acids is 1. The fraction of sp³-hybridized carbons (Fsp3) is 0.400. The maximum Gasteiger partial charge on any atom is 0.342 e. The van der Waals surface area contributed by atoms with Crippen LogP contribution in [0.1, 0.15) is 28.8 Å². The van der Waals surface area contributed by atoms with E-state index in [-0.39, 0.29) is 23.4 Å². The van der Waals surface area contributed by atoms with Gasteiger partial charge in [0, 0.05) is 24.7 Å². The minimum absolute atomic E-state index is 0.0613. The van der Waals surface area contributed by atoms with Gasteiger partial charge in [0.15, 0.2) is 0 Å². The smallest absolute Gasteiger partial charge is 0.342 e. The van der Waals surface area contributed by atoms with Gasteiger partial charge in [0.25, 0.3) is 5.91 Å². The van der Waals surface area contributed by atoms with Crippen molar-refractivity contribution in [2.75, 3.05) is 18.0 Å². The first-order valence-electron chi connectivity index (χ1n) is 7.53. The molecular weight excluding hydrogens is 298 g/mol. The maximum atomic E-state index is 12.3. The summed E-state index contributed by atoms with van der Waals surface area (Å²) in [5.41, 5.74) is 0.991. The van der Waals surface area contributed by atoms with Crippen molar-refractivity contribution >= 4 is 11.9 Å². The van der Waals surface area contributed by atoms with Crippen molar-refractivity contribution in [3.8, 4) is 5.75 Å². The summed E-state index contributed by atoms with van der Waals surface area (Å²) in [4.78, 5) is 28.0. The topological polar surface area (TPSA) is 114 Å². The average molecular weight is 317 g/mol. The number of anilines is 1. The Hall–Kier alpha value is -2.77. The molecular formula is C15H19N5O3. The van der Waals surface area contributed by atoms with Crippen LogP contribution in [0.5, 0.6) is 5.75 Å². The number of aryl methyl sites for hydroxylation is 1. The third kappa shape index (κ3) is 3.36. The van der Waals surface area contributed by atoms with E-state index in [4.69, 9.17) is 0 Å². The zero-order valence-electron chi connectivity index (χ0n) is 12.8. The zero-order chi connectivity index (χ0) is 16.4. The molecule has 0 atom stereocenters. The molecule has 1 aliphatic rings. The van der Waals surface area contributed by atoms with Crippen molar-refractivity contribution in [2.45, 2.75) is 25.8 Å². The summed E-state index contributed by atoms with van der Waals surface area (Å²) >= 11 is 0. The lowest BCUT2D eigenvalue weighted by atomic mass is 10.0. The van der Waals surface area contributed by atoms with Crippen molar-refractivity contribution < 1.29 is 9.90 Å². The number of rotatable bonds is 3. The molecule has 2 aromatic rings. The van der Waals surface area contributed by atoms with Gasteiger partial charge in [0.05, 0.1) is 0 Å². The summed E-state index contributed by atoms with van der Waals surface area (Å²) in [6, 6.07) is 4.83. The van der Waals surface area contributed by atoms with Crippen molar-refractivity contribution in [1.82, 2.24) is 20.5 Å². The van der Waals surface area contributed by atoms with Crippen molar-refractivity contribution in [2.24, 2.45) is 0 Å². The molecule has 1 amide bonds. The number of aromatic amines is 2. The molecule has 8 heteroatoms. The highest BCUT2D eigenvalue weighted by Crippen LogP contribution is 2.18. The van der Waals surface area contributed by atoms with Gasteiger partial charge in [-0.3, -0.25) is 9.78 Å². The quantitative estimate of drug-likeness (QED) is 0.658. The molecule has 1 saturated heterocycles. The Kier molecular flexibility index (Phi) is 4.05. The van der Waals surface area contributed by atoms with Gasteiger partial charge in [-0.15, -0.1) is 5.10 Å². The summed E-state index contributed by atoms with van der Waals surface area (Å²) in [6.45, 7) is 3.24. The highest BCUT2D eigenvalue weighted by molar-refractivity contribution is 5.96. The van der Waals surface area contributed by atoms with Crippen LogP contribution in [0.2, 0.25) is 0 Å². The van der Waals surface area contributed by atoms with E-state index in [0.29, 0.717) is 24.6 Å². The summed E-state index contributed by atoms with van der Waals surface area (Å²) < 4.78 is 0. The lowest BCUT2D eigenvalue weighted by molar-refractivity contribution is 0.0930. The first-order valence-corrected chi connectivity index (χ1v) is 7.53. The summed E-state index contributed by atoms with van der Waals surface area (Å²) in [5, 5.41) is 18.8. The first kappa shape index (κ1) is 15.1. The highest BCUT2D eigenvalue weighted by Gasteiger charge is 2.23. The summed E-state index contributed by atoms with van der Waals surface area (Å²) in [6.07, 6.45) is 1.52. The Balaban J connectivity index is 1.59. The largest absolute Gasteiger partial charge is 0.508 e. The maximum absolute atomic E-state index is 12.3.